The van der Waals surface area contributed by atoms with Crippen LogP contribution < -0.4 is 4.74 Å². The van der Waals surface area contributed by atoms with Crippen LogP contribution in [-0.4, -0.2) is 37.5 Å². The Balaban J connectivity index is 2.26. The van der Waals surface area contributed by atoms with Gasteiger partial charge in [0.1, 0.15) is 5.84 Å². The van der Waals surface area contributed by atoms with Crippen molar-refractivity contribution in [2.45, 2.75) is 13.8 Å². The fraction of sp³-hybridized carbons (Fsp3) is 0.500. The van der Waals surface area contributed by atoms with Gasteiger partial charge in [0.25, 0.3) is 0 Å². The number of rotatable bonds is 4. The van der Waals surface area contributed by atoms with Gasteiger partial charge in [-0.25, -0.2) is 0 Å². The third-order valence-electron chi connectivity index (χ3n) is 2.88. The molecule has 0 amide bonds. The van der Waals surface area contributed by atoms with Crippen LogP contribution in [0.5, 0.6) is 5.75 Å². The molecule has 1 heterocycles. The molecule has 1 aliphatic heterocycles. The zero-order valence-corrected chi connectivity index (χ0v) is 12.9. The van der Waals surface area contributed by atoms with Crippen molar-refractivity contribution in [3.05, 3.63) is 27.7 Å². The predicted molar refractivity (Wildman–Crippen MR) is 80.8 cm³/mol. The van der Waals surface area contributed by atoms with E-state index in [1.165, 1.54) is 0 Å². The van der Waals surface area contributed by atoms with Crippen LogP contribution in [0.4, 0.5) is 0 Å². The molecule has 0 bridgehead atoms. The molecule has 1 aromatic rings. The van der Waals surface area contributed by atoms with Crippen molar-refractivity contribution in [2.24, 2.45) is 10.9 Å². The number of hydrogen-bond acceptors (Lipinski definition) is 3. The lowest BCUT2D eigenvalue weighted by atomic mass is 10.2. The second kappa shape index (κ2) is 6.02. The molecular formula is C14H18Cl2N2O. The normalized spacial score (nSPS) is 15.1. The van der Waals surface area contributed by atoms with Gasteiger partial charge in [0.2, 0.25) is 0 Å². The predicted octanol–water partition coefficient (Wildman–Crippen LogP) is 3.72. The molecule has 0 aromatic heterocycles. The summed E-state index contributed by atoms with van der Waals surface area (Å²) in [4.78, 5) is 6.55. The van der Waals surface area contributed by atoms with E-state index < -0.39 is 0 Å². The van der Waals surface area contributed by atoms with Crippen LogP contribution in [-0.2, 0) is 0 Å². The van der Waals surface area contributed by atoms with Crippen LogP contribution >= 0.6 is 23.2 Å². The van der Waals surface area contributed by atoms with E-state index >= 15 is 0 Å². The first-order chi connectivity index (χ1) is 8.99. The van der Waals surface area contributed by atoms with E-state index in [0.717, 1.165) is 24.5 Å². The van der Waals surface area contributed by atoms with Gasteiger partial charge in [-0.3, -0.25) is 4.99 Å². The Kier molecular flexibility index (Phi) is 4.58. The van der Waals surface area contributed by atoms with E-state index in [4.69, 9.17) is 27.9 Å². The average molecular weight is 301 g/mol. The molecule has 1 aromatic carbocycles. The molecule has 1 aliphatic rings. The van der Waals surface area contributed by atoms with Crippen LogP contribution in [0.25, 0.3) is 0 Å². The summed E-state index contributed by atoms with van der Waals surface area (Å²) in [5.74, 6) is 1.92. The number of benzene rings is 1. The fourth-order valence-corrected chi connectivity index (χ4v) is 2.52. The van der Waals surface area contributed by atoms with Crippen LogP contribution in [0.15, 0.2) is 17.1 Å². The van der Waals surface area contributed by atoms with E-state index in [9.17, 15) is 0 Å². The summed E-state index contributed by atoms with van der Waals surface area (Å²) < 4.78 is 5.66. The monoisotopic (exact) mass is 300 g/mol. The maximum atomic E-state index is 6.26. The Morgan fingerprint density at radius 1 is 1.32 bits per heavy atom. The minimum absolute atomic E-state index is 0.428. The third kappa shape index (κ3) is 3.34. The lowest BCUT2D eigenvalue weighted by Crippen LogP contribution is -2.23. The van der Waals surface area contributed by atoms with Gasteiger partial charge in [0.15, 0.2) is 5.75 Å². The van der Waals surface area contributed by atoms with E-state index in [2.05, 4.69) is 23.7 Å². The van der Waals surface area contributed by atoms with Gasteiger partial charge < -0.3 is 9.64 Å². The number of amidine groups is 1. The number of aliphatic imine (C=N–C) groups is 1. The average Bonchev–Trinajstić information content (AvgIpc) is 2.73. The Labute approximate surface area is 124 Å². The summed E-state index contributed by atoms with van der Waals surface area (Å²) >= 11 is 12.5. The lowest BCUT2D eigenvalue weighted by Gasteiger charge is -2.17. The summed E-state index contributed by atoms with van der Waals surface area (Å²) in [6.45, 7) is 6.50. The number of hydrogen-bond donors (Lipinski definition) is 0. The summed E-state index contributed by atoms with van der Waals surface area (Å²) in [5, 5.41) is 1.07. The van der Waals surface area contributed by atoms with Crippen LogP contribution in [0.2, 0.25) is 10.0 Å². The molecule has 0 spiro atoms. The third-order valence-corrected chi connectivity index (χ3v) is 3.44. The first-order valence-corrected chi connectivity index (χ1v) is 7.12. The molecule has 3 nitrogen and oxygen atoms in total. The van der Waals surface area contributed by atoms with Crippen molar-refractivity contribution in [1.82, 2.24) is 4.90 Å². The molecule has 0 saturated heterocycles. The standard InChI is InChI=1S/C14H18Cl2N2O/c1-9(2)8-19-13-11(15)6-10(7-12(13)16)14-17-4-5-18(14)3/h6-7,9H,4-5,8H2,1-3H3. The van der Waals surface area contributed by atoms with Crippen LogP contribution in [0.1, 0.15) is 19.4 Å². The molecule has 19 heavy (non-hydrogen) atoms. The van der Waals surface area contributed by atoms with E-state index in [-0.39, 0.29) is 0 Å². The van der Waals surface area contributed by atoms with Crippen LogP contribution in [0.3, 0.4) is 0 Å². The second-order valence-corrected chi connectivity index (χ2v) is 5.92. The largest absolute Gasteiger partial charge is 0.490 e. The number of ether oxygens (including phenoxy) is 1. The summed E-state index contributed by atoms with van der Waals surface area (Å²) in [6.07, 6.45) is 0. The number of likely N-dealkylation sites (N-methyl/N-ethyl adjacent to an activating group) is 1. The van der Waals surface area contributed by atoms with Gasteiger partial charge in [-0.05, 0) is 18.1 Å². The molecule has 104 valence electrons. The SMILES string of the molecule is CC(C)COc1c(Cl)cc(C2=NCCN2C)cc1Cl. The van der Waals surface area contributed by atoms with Crippen molar-refractivity contribution >= 4 is 29.0 Å². The van der Waals surface area contributed by atoms with Gasteiger partial charge in [0, 0.05) is 19.2 Å². The molecule has 0 aliphatic carbocycles. The highest BCUT2D eigenvalue weighted by molar-refractivity contribution is 6.37. The molecule has 0 atom stereocenters. The summed E-state index contributed by atoms with van der Waals surface area (Å²) in [6, 6.07) is 3.73. The van der Waals surface area contributed by atoms with Crippen molar-refractivity contribution in [2.75, 3.05) is 26.7 Å². The molecule has 5 heteroatoms. The van der Waals surface area contributed by atoms with Crippen molar-refractivity contribution in [3.8, 4) is 5.75 Å². The maximum Gasteiger partial charge on any atom is 0.156 e. The van der Waals surface area contributed by atoms with Gasteiger partial charge in [-0.1, -0.05) is 37.0 Å². The van der Waals surface area contributed by atoms with E-state index in [1.807, 2.05) is 19.2 Å². The van der Waals surface area contributed by atoms with Gasteiger partial charge in [0.05, 0.1) is 23.2 Å². The highest BCUT2D eigenvalue weighted by atomic mass is 35.5. The van der Waals surface area contributed by atoms with Crippen molar-refractivity contribution in [1.29, 1.82) is 0 Å². The molecule has 2 rings (SSSR count). The zero-order valence-electron chi connectivity index (χ0n) is 11.4. The van der Waals surface area contributed by atoms with E-state index in [1.54, 1.807) is 0 Å². The topological polar surface area (TPSA) is 24.8 Å². The molecule has 0 fully saturated rings. The molecule has 0 saturated carbocycles. The Bertz CT molecular complexity index is 477. The van der Waals surface area contributed by atoms with Gasteiger partial charge >= 0.3 is 0 Å². The van der Waals surface area contributed by atoms with Crippen LogP contribution in [0, 0.1) is 5.92 Å². The smallest absolute Gasteiger partial charge is 0.156 e. The van der Waals surface area contributed by atoms with Gasteiger partial charge in [-0.2, -0.15) is 0 Å². The summed E-state index contributed by atoms with van der Waals surface area (Å²) in [7, 11) is 2.01. The minimum atomic E-state index is 0.428. The fourth-order valence-electron chi connectivity index (χ4n) is 1.92. The highest BCUT2D eigenvalue weighted by Crippen LogP contribution is 2.35. The quantitative estimate of drug-likeness (QED) is 0.846. The first kappa shape index (κ1) is 14.5. The number of nitrogens with zero attached hydrogens (tertiary/aromatic N) is 2. The highest BCUT2D eigenvalue weighted by Gasteiger charge is 2.18. The molecular weight excluding hydrogens is 283 g/mol. The van der Waals surface area contributed by atoms with Crippen molar-refractivity contribution in [3.63, 3.8) is 0 Å². The Morgan fingerprint density at radius 2 is 1.95 bits per heavy atom. The van der Waals surface area contributed by atoms with Crippen molar-refractivity contribution < 1.29 is 4.74 Å². The zero-order chi connectivity index (χ0) is 14.0. The first-order valence-electron chi connectivity index (χ1n) is 6.37. The molecule has 0 radical (unpaired) electrons. The lowest BCUT2D eigenvalue weighted by molar-refractivity contribution is 0.271. The minimum Gasteiger partial charge on any atom is -0.490 e. The second-order valence-electron chi connectivity index (χ2n) is 5.10. The molecule has 0 N–H and O–H groups in total. The Morgan fingerprint density at radius 3 is 2.42 bits per heavy atom. The molecule has 0 unspecified atom stereocenters. The Hall–Kier alpha value is -0.930. The summed E-state index contributed by atoms with van der Waals surface area (Å²) in [5.41, 5.74) is 0.937. The van der Waals surface area contributed by atoms with Gasteiger partial charge in [-0.15, -0.1) is 0 Å². The number of halogens is 2. The maximum absolute atomic E-state index is 6.26. The van der Waals surface area contributed by atoms with E-state index in [0.29, 0.717) is 28.3 Å².